The van der Waals surface area contributed by atoms with Crippen LogP contribution in [0.2, 0.25) is 0 Å². The van der Waals surface area contributed by atoms with E-state index in [1.54, 1.807) is 28.6 Å². The van der Waals surface area contributed by atoms with Crippen LogP contribution in [0.15, 0.2) is 35.2 Å². The second-order valence-electron chi connectivity index (χ2n) is 8.37. The van der Waals surface area contributed by atoms with Crippen LogP contribution in [0.4, 0.5) is 0 Å². The van der Waals surface area contributed by atoms with E-state index in [0.29, 0.717) is 11.4 Å². The zero-order valence-electron chi connectivity index (χ0n) is 19.1. The van der Waals surface area contributed by atoms with Gasteiger partial charge in [0, 0.05) is 32.2 Å². The van der Waals surface area contributed by atoms with Gasteiger partial charge in [0.25, 0.3) is 0 Å². The zero-order chi connectivity index (χ0) is 21.9. The van der Waals surface area contributed by atoms with Crippen molar-refractivity contribution in [3.63, 3.8) is 0 Å². The van der Waals surface area contributed by atoms with Crippen molar-refractivity contribution in [3.8, 4) is 0 Å². The first-order valence-corrected chi connectivity index (χ1v) is 12.1. The van der Waals surface area contributed by atoms with Gasteiger partial charge in [0.15, 0.2) is 0 Å². The maximum absolute atomic E-state index is 12.9. The molecule has 2 saturated carbocycles. The molecule has 1 aromatic rings. The molecule has 1 heterocycles. The van der Waals surface area contributed by atoms with Gasteiger partial charge in [0.1, 0.15) is 0 Å². The standard InChI is InChI=1S/C16H18NO2S.C10H15.Ir/c18-20(19,15-9-3-1-4-10-15)17-14-8-7-13-16(17)11-5-2-6-12-16;1-6-7(2)9(4)10(5)8(6)3;/h1-6,9-12H,7-8,13-14H2;1-5H3;. The molecule has 0 aromatic heterocycles. The van der Waals surface area contributed by atoms with Crippen molar-refractivity contribution in [1.29, 1.82) is 0 Å². The third-order valence-corrected chi connectivity index (χ3v) is 8.76. The maximum atomic E-state index is 12.9. The van der Waals surface area contributed by atoms with Gasteiger partial charge >= 0.3 is 0 Å². The largest absolute Gasteiger partial charge is 0.243 e. The molecule has 1 aromatic carbocycles. The molecule has 11 radical (unpaired) electrons. The molecule has 1 saturated heterocycles. The van der Waals surface area contributed by atoms with E-state index in [1.165, 1.54) is 29.6 Å². The second kappa shape index (κ2) is 11.3. The fraction of sp³-hybridized carbons (Fsp3) is 0.385. The average Bonchev–Trinajstić information content (AvgIpc) is 2.93. The van der Waals surface area contributed by atoms with E-state index in [1.807, 2.05) is 38.2 Å². The van der Waals surface area contributed by atoms with Gasteiger partial charge in [-0.2, -0.15) is 4.31 Å². The SMILES string of the molecule is C[C]1[C](C)[C](C)[C](C)[C]1C.O=S(=O)(c1ccccc1)N1CCCCC12[CH][CH][CH][CH][CH]2.[Ir]. The minimum atomic E-state index is -3.45. The van der Waals surface area contributed by atoms with E-state index >= 15 is 0 Å². The van der Waals surface area contributed by atoms with Gasteiger partial charge < -0.3 is 0 Å². The average molecular weight is 616 g/mol. The fourth-order valence-corrected chi connectivity index (χ4v) is 6.15. The van der Waals surface area contributed by atoms with Gasteiger partial charge in [0.05, 0.1) is 4.90 Å². The number of hydrogen-bond acceptors (Lipinski definition) is 2. The van der Waals surface area contributed by atoms with Gasteiger partial charge in [0.2, 0.25) is 10.0 Å². The van der Waals surface area contributed by atoms with E-state index in [-0.39, 0.29) is 20.1 Å². The Balaban J connectivity index is 0.000000264. The van der Waals surface area contributed by atoms with Crippen molar-refractivity contribution in [2.75, 3.05) is 6.54 Å². The monoisotopic (exact) mass is 616 g/mol. The summed E-state index contributed by atoms with van der Waals surface area (Å²) in [5, 5.41) is 0. The molecule has 0 N–H and O–H groups in total. The van der Waals surface area contributed by atoms with Crippen molar-refractivity contribution >= 4 is 10.0 Å². The first-order valence-electron chi connectivity index (χ1n) is 10.7. The van der Waals surface area contributed by atoms with Gasteiger partial charge in [-0.3, -0.25) is 0 Å². The van der Waals surface area contributed by atoms with Gasteiger partial charge in [-0.1, -0.05) is 59.2 Å². The third-order valence-electron chi connectivity index (χ3n) is 6.79. The Morgan fingerprint density at radius 2 is 1.23 bits per heavy atom. The van der Waals surface area contributed by atoms with Crippen LogP contribution in [0.25, 0.3) is 0 Å². The summed E-state index contributed by atoms with van der Waals surface area (Å²) in [5.74, 6) is 7.34. The molecule has 1 spiro atoms. The molecule has 5 heteroatoms. The Morgan fingerprint density at radius 3 is 1.71 bits per heavy atom. The summed E-state index contributed by atoms with van der Waals surface area (Å²) >= 11 is 0. The Bertz CT molecular complexity index is 723. The minimum Gasteiger partial charge on any atom is -0.207 e. The fourth-order valence-electron chi connectivity index (χ4n) is 4.36. The molecule has 4 rings (SSSR count). The van der Waals surface area contributed by atoms with E-state index < -0.39 is 15.6 Å². The van der Waals surface area contributed by atoms with Gasteiger partial charge in [-0.25, -0.2) is 8.42 Å². The van der Waals surface area contributed by atoms with Crippen molar-refractivity contribution in [2.24, 2.45) is 0 Å². The van der Waals surface area contributed by atoms with Crippen LogP contribution >= 0.6 is 0 Å². The Morgan fingerprint density at radius 1 is 0.742 bits per heavy atom. The summed E-state index contributed by atoms with van der Waals surface area (Å²) in [6, 6.07) is 8.70. The predicted octanol–water partition coefficient (Wildman–Crippen LogP) is 5.60. The summed E-state index contributed by atoms with van der Waals surface area (Å²) in [7, 11) is -3.45. The topological polar surface area (TPSA) is 37.4 Å². The molecule has 0 bridgehead atoms. The normalized spacial score (nSPS) is 24.5. The number of rotatable bonds is 2. The molecule has 0 amide bonds. The first-order chi connectivity index (χ1) is 14.2. The Labute approximate surface area is 205 Å². The minimum absolute atomic E-state index is 0. The van der Waals surface area contributed by atoms with Crippen molar-refractivity contribution in [2.45, 2.75) is 64.3 Å². The summed E-state index contributed by atoms with van der Waals surface area (Å²) in [5.41, 5.74) is -0.484. The maximum Gasteiger partial charge on any atom is 0.243 e. The van der Waals surface area contributed by atoms with Crippen LogP contribution in [-0.2, 0) is 30.1 Å². The van der Waals surface area contributed by atoms with E-state index in [4.69, 9.17) is 0 Å². The summed E-state index contributed by atoms with van der Waals surface area (Å²) in [4.78, 5) is 0.373. The van der Waals surface area contributed by atoms with Crippen molar-refractivity contribution in [1.82, 2.24) is 4.31 Å². The molecule has 169 valence electrons. The molecule has 3 fully saturated rings. The third kappa shape index (κ3) is 5.65. The van der Waals surface area contributed by atoms with Crippen LogP contribution in [0.5, 0.6) is 0 Å². The van der Waals surface area contributed by atoms with Crippen molar-refractivity contribution < 1.29 is 28.5 Å². The van der Waals surface area contributed by atoms with Crippen LogP contribution in [0.3, 0.4) is 0 Å². The molecule has 0 atom stereocenters. The van der Waals surface area contributed by atoms with Crippen LogP contribution in [-0.4, -0.2) is 24.8 Å². The van der Waals surface area contributed by atoms with Crippen LogP contribution < -0.4 is 0 Å². The molecular formula is C26H33IrNO2S. The first kappa shape index (κ1) is 27.0. The molecule has 3 aliphatic rings. The number of benzene rings is 1. The van der Waals surface area contributed by atoms with E-state index in [0.717, 1.165) is 19.3 Å². The molecule has 0 unspecified atom stereocenters. The van der Waals surface area contributed by atoms with Crippen molar-refractivity contribution in [3.05, 3.63) is 92.0 Å². The number of piperidine rings is 1. The van der Waals surface area contributed by atoms with E-state index in [2.05, 4.69) is 34.6 Å². The summed E-state index contributed by atoms with van der Waals surface area (Å²) in [6.07, 6.45) is 12.7. The second-order valence-corrected chi connectivity index (χ2v) is 10.2. The predicted molar refractivity (Wildman–Crippen MR) is 123 cm³/mol. The van der Waals surface area contributed by atoms with Gasteiger partial charge in [-0.15, -0.1) is 0 Å². The number of nitrogens with zero attached hydrogens (tertiary/aromatic N) is 1. The Hall–Kier alpha value is -0.221. The molecule has 3 nitrogen and oxygen atoms in total. The van der Waals surface area contributed by atoms with Crippen LogP contribution in [0, 0.1) is 61.7 Å². The Kier molecular flexibility index (Phi) is 9.83. The zero-order valence-corrected chi connectivity index (χ0v) is 22.3. The number of hydrogen-bond donors (Lipinski definition) is 0. The smallest absolute Gasteiger partial charge is 0.207 e. The summed E-state index contributed by atoms with van der Waals surface area (Å²) in [6.45, 7) is 11.6. The van der Waals surface area contributed by atoms with Gasteiger partial charge in [-0.05, 0) is 86.7 Å². The molecule has 31 heavy (non-hydrogen) atoms. The molecule has 2 aliphatic carbocycles. The molecular weight excluding hydrogens is 583 g/mol. The van der Waals surface area contributed by atoms with E-state index in [9.17, 15) is 8.42 Å². The quantitative estimate of drug-likeness (QED) is 0.434. The summed E-state index contributed by atoms with van der Waals surface area (Å²) < 4.78 is 27.5. The van der Waals surface area contributed by atoms with Crippen LogP contribution in [0.1, 0.15) is 53.9 Å². The molecule has 1 aliphatic heterocycles. The number of sulfonamides is 1.